The van der Waals surface area contributed by atoms with Crippen LogP contribution in [-0.4, -0.2) is 32.4 Å². The highest BCUT2D eigenvalue weighted by molar-refractivity contribution is 7.10. The minimum atomic E-state index is -0.328. The van der Waals surface area contributed by atoms with Crippen molar-refractivity contribution in [2.75, 3.05) is 6.54 Å². The first-order valence-corrected chi connectivity index (χ1v) is 8.46. The highest BCUT2D eigenvalue weighted by atomic mass is 32.1. The zero-order valence-electron chi connectivity index (χ0n) is 12.7. The van der Waals surface area contributed by atoms with E-state index < -0.39 is 0 Å². The van der Waals surface area contributed by atoms with Gasteiger partial charge in [-0.3, -0.25) is 9.58 Å². The van der Waals surface area contributed by atoms with E-state index >= 15 is 0 Å². The molecule has 5 heteroatoms. The SMILES string of the molecule is Cc1c(CN2CCCC2CC(O)c2cccs2)cnn1C. The van der Waals surface area contributed by atoms with Gasteiger partial charge in [0.1, 0.15) is 0 Å². The van der Waals surface area contributed by atoms with Crippen molar-refractivity contribution in [2.45, 2.75) is 44.9 Å². The lowest BCUT2D eigenvalue weighted by atomic mass is 10.1. The second-order valence-corrected chi connectivity index (χ2v) is 6.89. The molecule has 1 saturated heterocycles. The Hall–Kier alpha value is -1.17. The van der Waals surface area contributed by atoms with E-state index in [0.29, 0.717) is 6.04 Å². The summed E-state index contributed by atoms with van der Waals surface area (Å²) in [5.74, 6) is 0. The maximum absolute atomic E-state index is 10.4. The smallest absolute Gasteiger partial charge is 0.0896 e. The summed E-state index contributed by atoms with van der Waals surface area (Å²) in [5.41, 5.74) is 2.54. The fourth-order valence-corrected chi connectivity index (χ4v) is 3.87. The molecule has 114 valence electrons. The molecule has 0 amide bonds. The van der Waals surface area contributed by atoms with Gasteiger partial charge in [-0.15, -0.1) is 11.3 Å². The molecule has 3 heterocycles. The first kappa shape index (κ1) is 14.8. The van der Waals surface area contributed by atoms with Crippen LogP contribution in [0.25, 0.3) is 0 Å². The van der Waals surface area contributed by atoms with E-state index in [0.717, 1.165) is 24.4 Å². The molecule has 1 aliphatic heterocycles. The Morgan fingerprint density at radius 2 is 2.38 bits per heavy atom. The van der Waals surface area contributed by atoms with Gasteiger partial charge in [-0.25, -0.2) is 0 Å². The van der Waals surface area contributed by atoms with E-state index in [-0.39, 0.29) is 6.10 Å². The fraction of sp³-hybridized carbons (Fsp3) is 0.562. The molecule has 2 aromatic heterocycles. The van der Waals surface area contributed by atoms with E-state index in [4.69, 9.17) is 0 Å². The quantitative estimate of drug-likeness (QED) is 0.923. The topological polar surface area (TPSA) is 41.3 Å². The number of likely N-dealkylation sites (tertiary alicyclic amines) is 1. The van der Waals surface area contributed by atoms with Gasteiger partial charge < -0.3 is 5.11 Å². The van der Waals surface area contributed by atoms with Crippen molar-refractivity contribution < 1.29 is 5.11 Å². The van der Waals surface area contributed by atoms with E-state index in [1.807, 2.05) is 35.4 Å². The van der Waals surface area contributed by atoms with Gasteiger partial charge in [-0.1, -0.05) is 6.07 Å². The monoisotopic (exact) mass is 305 g/mol. The highest BCUT2D eigenvalue weighted by Crippen LogP contribution is 2.30. The van der Waals surface area contributed by atoms with Crippen molar-refractivity contribution in [2.24, 2.45) is 7.05 Å². The molecule has 0 bridgehead atoms. The third-order valence-electron chi connectivity index (χ3n) is 4.58. The van der Waals surface area contributed by atoms with Crippen LogP contribution in [0.1, 0.15) is 41.5 Å². The molecular weight excluding hydrogens is 282 g/mol. The Morgan fingerprint density at radius 3 is 3.05 bits per heavy atom. The Balaban J connectivity index is 1.64. The van der Waals surface area contributed by atoms with Crippen LogP contribution in [0.3, 0.4) is 0 Å². The van der Waals surface area contributed by atoms with E-state index in [1.165, 1.54) is 24.1 Å². The molecule has 2 unspecified atom stereocenters. The fourth-order valence-electron chi connectivity index (χ4n) is 3.14. The number of nitrogens with zero attached hydrogens (tertiary/aromatic N) is 3. The van der Waals surface area contributed by atoms with Crippen LogP contribution in [0.5, 0.6) is 0 Å². The zero-order valence-corrected chi connectivity index (χ0v) is 13.5. The lowest BCUT2D eigenvalue weighted by molar-refractivity contribution is 0.120. The van der Waals surface area contributed by atoms with E-state index in [9.17, 15) is 5.11 Å². The molecule has 3 rings (SSSR count). The minimum absolute atomic E-state index is 0.328. The largest absolute Gasteiger partial charge is 0.388 e. The van der Waals surface area contributed by atoms with Gasteiger partial charge in [0.15, 0.2) is 0 Å². The van der Waals surface area contributed by atoms with Crippen LogP contribution < -0.4 is 0 Å². The van der Waals surface area contributed by atoms with Gasteiger partial charge >= 0.3 is 0 Å². The number of aliphatic hydroxyl groups is 1. The number of thiophene rings is 1. The molecule has 1 fully saturated rings. The Labute approximate surface area is 130 Å². The maximum Gasteiger partial charge on any atom is 0.0896 e. The second-order valence-electron chi connectivity index (χ2n) is 5.91. The number of aliphatic hydroxyl groups excluding tert-OH is 1. The lowest BCUT2D eigenvalue weighted by Gasteiger charge is -2.26. The van der Waals surface area contributed by atoms with Gasteiger partial charge in [0, 0.05) is 35.8 Å². The molecular formula is C16H23N3OS. The summed E-state index contributed by atoms with van der Waals surface area (Å²) >= 11 is 1.64. The normalized spacial score (nSPS) is 21.0. The molecule has 0 spiro atoms. The maximum atomic E-state index is 10.4. The van der Waals surface area contributed by atoms with Crippen molar-refractivity contribution in [1.82, 2.24) is 14.7 Å². The number of aryl methyl sites for hydroxylation is 1. The summed E-state index contributed by atoms with van der Waals surface area (Å²) < 4.78 is 1.93. The molecule has 0 aromatic carbocycles. The van der Waals surface area contributed by atoms with Crippen LogP contribution >= 0.6 is 11.3 Å². The van der Waals surface area contributed by atoms with Crippen molar-refractivity contribution in [3.05, 3.63) is 39.8 Å². The Morgan fingerprint density at radius 1 is 1.52 bits per heavy atom. The molecule has 2 atom stereocenters. The molecule has 4 nitrogen and oxygen atoms in total. The highest BCUT2D eigenvalue weighted by Gasteiger charge is 2.28. The van der Waals surface area contributed by atoms with Gasteiger partial charge in [0.05, 0.1) is 12.3 Å². The minimum Gasteiger partial charge on any atom is -0.388 e. The van der Waals surface area contributed by atoms with E-state index in [2.05, 4.69) is 16.9 Å². The molecule has 1 N–H and O–H groups in total. The van der Waals surface area contributed by atoms with Crippen LogP contribution in [0.2, 0.25) is 0 Å². The summed E-state index contributed by atoms with van der Waals surface area (Å²) in [4.78, 5) is 3.58. The average molecular weight is 305 g/mol. The molecule has 2 aromatic rings. The van der Waals surface area contributed by atoms with Crippen molar-refractivity contribution >= 4 is 11.3 Å². The molecule has 0 saturated carbocycles. The summed E-state index contributed by atoms with van der Waals surface area (Å²) in [6, 6.07) is 4.51. The second kappa shape index (κ2) is 6.30. The summed E-state index contributed by atoms with van der Waals surface area (Å²) in [6.45, 7) is 4.19. The third kappa shape index (κ3) is 3.20. The van der Waals surface area contributed by atoms with Crippen molar-refractivity contribution in [3.8, 4) is 0 Å². The van der Waals surface area contributed by atoms with Crippen LogP contribution in [0.4, 0.5) is 0 Å². The number of rotatable bonds is 5. The van der Waals surface area contributed by atoms with Gasteiger partial charge in [0.2, 0.25) is 0 Å². The first-order valence-electron chi connectivity index (χ1n) is 7.58. The van der Waals surface area contributed by atoms with Gasteiger partial charge in [-0.2, -0.15) is 5.10 Å². The molecule has 1 aliphatic rings. The number of hydrogen-bond acceptors (Lipinski definition) is 4. The molecule has 0 aliphatic carbocycles. The average Bonchev–Trinajstić information content (AvgIpc) is 3.18. The summed E-state index contributed by atoms with van der Waals surface area (Å²) in [7, 11) is 1.99. The lowest BCUT2D eigenvalue weighted by Crippen LogP contribution is -2.30. The Kier molecular flexibility index (Phi) is 4.42. The zero-order chi connectivity index (χ0) is 14.8. The van der Waals surface area contributed by atoms with Crippen molar-refractivity contribution in [3.63, 3.8) is 0 Å². The first-order chi connectivity index (χ1) is 10.1. The predicted octanol–water partition coefficient (Wildman–Crippen LogP) is 2.88. The molecule has 0 radical (unpaired) electrons. The van der Waals surface area contributed by atoms with Crippen LogP contribution in [-0.2, 0) is 13.6 Å². The van der Waals surface area contributed by atoms with Gasteiger partial charge in [0.25, 0.3) is 0 Å². The number of hydrogen-bond donors (Lipinski definition) is 1. The molecule has 21 heavy (non-hydrogen) atoms. The summed E-state index contributed by atoms with van der Waals surface area (Å²) in [6.07, 6.45) is 4.88. The Bertz CT molecular complexity index is 578. The van der Waals surface area contributed by atoms with Crippen LogP contribution in [0.15, 0.2) is 23.7 Å². The number of aromatic nitrogens is 2. The van der Waals surface area contributed by atoms with Gasteiger partial charge in [-0.05, 0) is 44.2 Å². The predicted molar refractivity (Wildman–Crippen MR) is 85.3 cm³/mol. The third-order valence-corrected chi connectivity index (χ3v) is 5.55. The van der Waals surface area contributed by atoms with Crippen molar-refractivity contribution in [1.29, 1.82) is 0 Å². The summed E-state index contributed by atoms with van der Waals surface area (Å²) in [5, 5.41) is 16.7. The van der Waals surface area contributed by atoms with Crippen LogP contribution in [0, 0.1) is 6.92 Å². The van der Waals surface area contributed by atoms with E-state index in [1.54, 1.807) is 11.3 Å². The standard InChI is InChI=1S/C16H23N3OS/c1-12-13(10-17-18(12)2)11-19-7-3-5-14(19)9-15(20)16-6-4-8-21-16/h4,6,8,10,14-15,20H,3,5,7,9,11H2,1-2H3.